The monoisotopic (exact) mass is 453 g/mol. The summed E-state index contributed by atoms with van der Waals surface area (Å²) in [4.78, 5) is 37.8. The van der Waals surface area contributed by atoms with Crippen LogP contribution in [0.15, 0.2) is 48.7 Å². The Labute approximate surface area is 194 Å². The number of amides is 2. The molecule has 0 bridgehead atoms. The first-order valence-corrected chi connectivity index (χ1v) is 11.7. The topological polar surface area (TPSA) is 60.0 Å². The fourth-order valence-electron chi connectivity index (χ4n) is 4.56. The van der Waals surface area contributed by atoms with Gasteiger partial charge in [-0.3, -0.25) is 9.59 Å². The van der Waals surface area contributed by atoms with Crippen molar-refractivity contribution in [3.05, 3.63) is 54.5 Å². The molecule has 1 aromatic heterocycles. The molecule has 33 heavy (non-hydrogen) atoms. The largest absolute Gasteiger partial charge is 0.366 e. The Bertz CT molecular complexity index is 941. The molecule has 0 unspecified atom stereocenters. The minimum atomic E-state index is -0.231. The highest BCUT2D eigenvalue weighted by Gasteiger charge is 2.26. The minimum Gasteiger partial charge on any atom is -0.366 e. The first kappa shape index (κ1) is 23.0. The first-order chi connectivity index (χ1) is 16.0. The van der Waals surface area contributed by atoms with Crippen molar-refractivity contribution in [2.45, 2.75) is 19.8 Å². The number of carbonyl (C=O) groups is 2. The van der Waals surface area contributed by atoms with E-state index < -0.39 is 0 Å². The first-order valence-electron chi connectivity index (χ1n) is 11.7. The van der Waals surface area contributed by atoms with Crippen molar-refractivity contribution in [3.8, 4) is 0 Å². The molecular weight excluding hydrogens is 421 g/mol. The van der Waals surface area contributed by atoms with Crippen LogP contribution in [0.25, 0.3) is 0 Å². The number of rotatable bonds is 6. The molecule has 1 aromatic carbocycles. The van der Waals surface area contributed by atoms with Gasteiger partial charge < -0.3 is 19.6 Å². The normalized spacial score (nSPS) is 17.8. The van der Waals surface area contributed by atoms with Crippen molar-refractivity contribution in [1.29, 1.82) is 0 Å². The summed E-state index contributed by atoms with van der Waals surface area (Å²) >= 11 is 0. The lowest BCUT2D eigenvalue weighted by atomic mass is 10.0. The molecule has 2 aliphatic rings. The fourth-order valence-corrected chi connectivity index (χ4v) is 4.56. The SMILES string of the molecule is C[C@@H](CC(=O)N1CCN(c2ccccn2)CC1)CC(=O)N1CCN(c2ccccc2F)CC1. The van der Waals surface area contributed by atoms with Crippen LogP contribution < -0.4 is 9.80 Å². The van der Waals surface area contributed by atoms with Gasteiger partial charge in [-0.2, -0.15) is 0 Å². The summed E-state index contributed by atoms with van der Waals surface area (Å²) in [6.45, 7) is 7.22. The molecule has 2 amide bonds. The van der Waals surface area contributed by atoms with Crippen LogP contribution in [0.3, 0.4) is 0 Å². The average molecular weight is 454 g/mol. The van der Waals surface area contributed by atoms with E-state index in [0.717, 1.165) is 18.9 Å². The maximum absolute atomic E-state index is 14.0. The van der Waals surface area contributed by atoms with Crippen molar-refractivity contribution in [2.24, 2.45) is 5.92 Å². The second kappa shape index (κ2) is 10.6. The highest BCUT2D eigenvalue weighted by Crippen LogP contribution is 2.21. The predicted molar refractivity (Wildman–Crippen MR) is 127 cm³/mol. The third-order valence-electron chi connectivity index (χ3n) is 6.48. The molecule has 2 saturated heterocycles. The molecule has 176 valence electrons. The van der Waals surface area contributed by atoms with Crippen LogP contribution in [0.4, 0.5) is 15.9 Å². The Morgan fingerprint density at radius 2 is 1.36 bits per heavy atom. The summed E-state index contributed by atoms with van der Waals surface area (Å²) in [5.41, 5.74) is 0.590. The zero-order chi connectivity index (χ0) is 23.2. The third kappa shape index (κ3) is 5.80. The number of para-hydroxylation sites is 1. The van der Waals surface area contributed by atoms with Crippen molar-refractivity contribution >= 4 is 23.3 Å². The lowest BCUT2D eigenvalue weighted by molar-refractivity contribution is -0.134. The Morgan fingerprint density at radius 1 is 0.818 bits per heavy atom. The summed E-state index contributed by atoms with van der Waals surface area (Å²) < 4.78 is 14.0. The molecule has 4 rings (SSSR count). The number of benzene rings is 1. The molecule has 3 heterocycles. The molecule has 2 aliphatic heterocycles. The van der Waals surface area contributed by atoms with Gasteiger partial charge in [-0.15, -0.1) is 0 Å². The molecule has 0 saturated carbocycles. The van der Waals surface area contributed by atoms with E-state index >= 15 is 0 Å². The summed E-state index contributed by atoms with van der Waals surface area (Å²) in [6.07, 6.45) is 2.52. The van der Waals surface area contributed by atoms with E-state index in [4.69, 9.17) is 0 Å². The maximum Gasteiger partial charge on any atom is 0.222 e. The van der Waals surface area contributed by atoms with E-state index in [9.17, 15) is 14.0 Å². The van der Waals surface area contributed by atoms with E-state index in [1.807, 2.05) is 45.9 Å². The second-order valence-electron chi connectivity index (χ2n) is 8.89. The molecule has 1 atom stereocenters. The number of pyridine rings is 1. The molecule has 0 aliphatic carbocycles. The lowest BCUT2D eigenvalue weighted by Crippen LogP contribution is -2.50. The number of nitrogens with zero attached hydrogens (tertiary/aromatic N) is 5. The number of carbonyl (C=O) groups excluding carboxylic acids is 2. The molecule has 7 nitrogen and oxygen atoms in total. The van der Waals surface area contributed by atoms with Gasteiger partial charge in [-0.05, 0) is 30.2 Å². The van der Waals surface area contributed by atoms with Gasteiger partial charge in [-0.25, -0.2) is 9.37 Å². The summed E-state index contributed by atoms with van der Waals surface area (Å²) in [6, 6.07) is 12.6. The van der Waals surface area contributed by atoms with Gasteiger partial charge in [0.1, 0.15) is 11.6 Å². The molecular formula is C25H32FN5O2. The van der Waals surface area contributed by atoms with Gasteiger partial charge in [0, 0.05) is 71.4 Å². The van der Waals surface area contributed by atoms with E-state index in [1.165, 1.54) is 6.07 Å². The molecule has 2 fully saturated rings. The zero-order valence-corrected chi connectivity index (χ0v) is 19.2. The van der Waals surface area contributed by atoms with Crippen LogP contribution in [0.5, 0.6) is 0 Å². The van der Waals surface area contributed by atoms with Crippen molar-refractivity contribution < 1.29 is 14.0 Å². The Hall–Kier alpha value is -3.16. The number of piperazine rings is 2. The van der Waals surface area contributed by atoms with E-state index in [1.54, 1.807) is 18.3 Å². The third-order valence-corrected chi connectivity index (χ3v) is 6.48. The van der Waals surface area contributed by atoms with Crippen LogP contribution in [0, 0.1) is 11.7 Å². The number of aromatic nitrogens is 1. The van der Waals surface area contributed by atoms with Crippen LogP contribution in [0.2, 0.25) is 0 Å². The summed E-state index contributed by atoms with van der Waals surface area (Å²) in [7, 11) is 0. The average Bonchev–Trinajstić information content (AvgIpc) is 2.85. The minimum absolute atomic E-state index is 0.0107. The van der Waals surface area contributed by atoms with Gasteiger partial charge >= 0.3 is 0 Å². The van der Waals surface area contributed by atoms with Gasteiger partial charge in [0.25, 0.3) is 0 Å². The molecule has 0 N–H and O–H groups in total. The highest BCUT2D eigenvalue weighted by molar-refractivity contribution is 5.80. The van der Waals surface area contributed by atoms with E-state index in [2.05, 4.69) is 9.88 Å². The van der Waals surface area contributed by atoms with Gasteiger partial charge in [0.2, 0.25) is 11.8 Å². The highest BCUT2D eigenvalue weighted by atomic mass is 19.1. The lowest BCUT2D eigenvalue weighted by Gasteiger charge is -2.37. The maximum atomic E-state index is 14.0. The molecule has 8 heteroatoms. The zero-order valence-electron chi connectivity index (χ0n) is 19.2. The second-order valence-corrected chi connectivity index (χ2v) is 8.89. The van der Waals surface area contributed by atoms with Crippen LogP contribution in [0.1, 0.15) is 19.8 Å². The van der Waals surface area contributed by atoms with Crippen LogP contribution in [-0.4, -0.2) is 79.0 Å². The van der Waals surface area contributed by atoms with Crippen LogP contribution >= 0.6 is 0 Å². The molecule has 0 spiro atoms. The van der Waals surface area contributed by atoms with Gasteiger partial charge in [0.05, 0.1) is 5.69 Å². The predicted octanol–water partition coefficient (Wildman–Crippen LogP) is 2.63. The Kier molecular flexibility index (Phi) is 7.42. The Balaban J connectivity index is 1.19. The quantitative estimate of drug-likeness (QED) is 0.673. The van der Waals surface area contributed by atoms with Crippen molar-refractivity contribution in [3.63, 3.8) is 0 Å². The Morgan fingerprint density at radius 3 is 1.91 bits per heavy atom. The van der Waals surface area contributed by atoms with Crippen molar-refractivity contribution in [2.75, 3.05) is 62.2 Å². The number of anilines is 2. The molecule has 0 radical (unpaired) electrons. The fraction of sp³-hybridized carbons (Fsp3) is 0.480. The smallest absolute Gasteiger partial charge is 0.222 e. The van der Waals surface area contributed by atoms with E-state index in [0.29, 0.717) is 57.8 Å². The number of hydrogen-bond acceptors (Lipinski definition) is 5. The summed E-state index contributed by atoms with van der Waals surface area (Å²) in [5, 5.41) is 0. The standard InChI is InChI=1S/C25H32FN5O2/c1-20(19-25(33)31-16-12-29(13-17-31)23-8-4-5-9-27-23)18-24(32)30-14-10-28(11-15-30)22-7-3-2-6-21(22)26/h2-9,20H,10-19H2,1H3/t20-/m1/s1. The molecule has 2 aromatic rings. The van der Waals surface area contributed by atoms with Crippen molar-refractivity contribution in [1.82, 2.24) is 14.8 Å². The van der Waals surface area contributed by atoms with Crippen LogP contribution in [-0.2, 0) is 9.59 Å². The number of halogens is 1. The van der Waals surface area contributed by atoms with E-state index in [-0.39, 0.29) is 23.5 Å². The van der Waals surface area contributed by atoms with Gasteiger partial charge in [0.15, 0.2) is 0 Å². The van der Waals surface area contributed by atoms with Gasteiger partial charge in [-0.1, -0.05) is 25.1 Å². The number of hydrogen-bond donors (Lipinski definition) is 0. The summed E-state index contributed by atoms with van der Waals surface area (Å²) in [5.74, 6) is 0.885.